The molecule has 0 fully saturated rings. The van der Waals surface area contributed by atoms with Crippen molar-refractivity contribution in [1.29, 1.82) is 0 Å². The highest BCUT2D eigenvalue weighted by Crippen LogP contribution is 2.42. The first kappa shape index (κ1) is 34.8. The molecule has 0 atom stereocenters. The van der Waals surface area contributed by atoms with Crippen LogP contribution in [-0.4, -0.2) is 0 Å². The molecule has 2 heteroatoms. The maximum Gasteiger partial charge on any atom is 0.143 e. The molecule has 10 aromatic rings. The molecule has 0 radical (unpaired) electrons. The summed E-state index contributed by atoms with van der Waals surface area (Å²) >= 11 is 0. The van der Waals surface area contributed by atoms with Gasteiger partial charge in [-0.15, -0.1) is 0 Å². The van der Waals surface area contributed by atoms with E-state index in [0.717, 1.165) is 61.6 Å². The maximum atomic E-state index is 6.53. The van der Waals surface area contributed by atoms with Crippen LogP contribution in [0.4, 0.5) is 17.1 Å². The van der Waals surface area contributed by atoms with Gasteiger partial charge in [0.15, 0.2) is 0 Å². The Morgan fingerprint density at radius 2 is 0.621 bits per heavy atom. The van der Waals surface area contributed by atoms with Crippen LogP contribution in [0.3, 0.4) is 0 Å². The van der Waals surface area contributed by atoms with Crippen molar-refractivity contribution >= 4 is 28.0 Å². The third-order valence-electron chi connectivity index (χ3n) is 10.9. The predicted molar refractivity (Wildman–Crippen MR) is 244 cm³/mol. The van der Waals surface area contributed by atoms with E-state index in [-0.39, 0.29) is 0 Å². The molecule has 0 spiro atoms. The first-order chi connectivity index (χ1) is 28.7. The Kier molecular flexibility index (Phi) is 9.27. The van der Waals surface area contributed by atoms with Gasteiger partial charge in [0.05, 0.1) is 0 Å². The fraction of sp³-hybridized carbons (Fsp3) is 0. The SMILES string of the molecule is c1ccc(-c2cccc(-c3ccc(N(c4ccccc4)c4ccc(-c5ccc(-c6cccc(-c7oc8ccccc8c7-c7ccccc7)c6)cc5)cc4)cc3)c2)cc1. The lowest BCUT2D eigenvalue weighted by molar-refractivity contribution is 0.632. The number of furan rings is 1. The minimum absolute atomic E-state index is 0.889. The third-order valence-corrected chi connectivity index (χ3v) is 10.9. The van der Waals surface area contributed by atoms with Crippen LogP contribution in [0.2, 0.25) is 0 Å². The van der Waals surface area contributed by atoms with E-state index in [1.54, 1.807) is 0 Å². The van der Waals surface area contributed by atoms with Crippen LogP contribution in [-0.2, 0) is 0 Å². The van der Waals surface area contributed by atoms with Crippen molar-refractivity contribution in [2.45, 2.75) is 0 Å². The molecule has 0 aliphatic rings. The molecule has 0 saturated carbocycles. The molecular weight excluding hydrogens is 703 g/mol. The minimum Gasteiger partial charge on any atom is -0.455 e. The molecule has 0 unspecified atom stereocenters. The van der Waals surface area contributed by atoms with E-state index in [9.17, 15) is 0 Å². The quantitative estimate of drug-likeness (QED) is 0.146. The van der Waals surface area contributed by atoms with Gasteiger partial charge < -0.3 is 9.32 Å². The van der Waals surface area contributed by atoms with Crippen molar-refractivity contribution in [1.82, 2.24) is 0 Å². The van der Waals surface area contributed by atoms with Gasteiger partial charge in [-0.25, -0.2) is 0 Å². The summed E-state index contributed by atoms with van der Waals surface area (Å²) in [5, 5.41) is 1.12. The number of anilines is 3. The van der Waals surface area contributed by atoms with Gasteiger partial charge in [-0.3, -0.25) is 0 Å². The summed E-state index contributed by atoms with van der Waals surface area (Å²) < 4.78 is 6.53. The second-order valence-electron chi connectivity index (χ2n) is 14.5. The number of fused-ring (bicyclic) bond motifs is 1. The Morgan fingerprint density at radius 1 is 0.259 bits per heavy atom. The summed E-state index contributed by atoms with van der Waals surface area (Å²) in [6.45, 7) is 0. The second-order valence-corrected chi connectivity index (χ2v) is 14.5. The van der Waals surface area contributed by atoms with E-state index < -0.39 is 0 Å². The Morgan fingerprint density at radius 3 is 1.17 bits per heavy atom. The van der Waals surface area contributed by atoms with Crippen molar-refractivity contribution in [3.05, 3.63) is 237 Å². The molecule has 0 N–H and O–H groups in total. The molecule has 58 heavy (non-hydrogen) atoms. The monoisotopic (exact) mass is 741 g/mol. The minimum atomic E-state index is 0.889. The topological polar surface area (TPSA) is 16.4 Å². The number of benzene rings is 9. The molecule has 0 bridgehead atoms. The smallest absolute Gasteiger partial charge is 0.143 e. The zero-order chi connectivity index (χ0) is 38.7. The van der Waals surface area contributed by atoms with E-state index in [4.69, 9.17) is 4.42 Å². The highest BCUT2D eigenvalue weighted by Gasteiger charge is 2.18. The van der Waals surface area contributed by atoms with Gasteiger partial charge in [0.1, 0.15) is 11.3 Å². The Hall–Kier alpha value is -7.68. The molecule has 10 rings (SSSR count). The summed E-state index contributed by atoms with van der Waals surface area (Å²) in [6.07, 6.45) is 0. The Bertz CT molecular complexity index is 2950. The molecular formula is C56H39NO. The Labute approximate surface area is 339 Å². The van der Waals surface area contributed by atoms with Gasteiger partial charge in [0.2, 0.25) is 0 Å². The number of nitrogens with zero attached hydrogens (tertiary/aromatic N) is 1. The van der Waals surface area contributed by atoms with Crippen LogP contribution in [0.25, 0.3) is 77.9 Å². The highest BCUT2D eigenvalue weighted by atomic mass is 16.3. The van der Waals surface area contributed by atoms with Crippen LogP contribution < -0.4 is 4.90 Å². The molecule has 0 saturated heterocycles. The van der Waals surface area contributed by atoms with Gasteiger partial charge in [-0.2, -0.15) is 0 Å². The summed E-state index contributed by atoms with van der Waals surface area (Å²) in [7, 11) is 0. The third kappa shape index (κ3) is 6.89. The molecule has 9 aromatic carbocycles. The van der Waals surface area contributed by atoms with Gasteiger partial charge in [0, 0.05) is 33.6 Å². The average Bonchev–Trinajstić information content (AvgIpc) is 3.71. The number of hydrogen-bond donors (Lipinski definition) is 0. The average molecular weight is 742 g/mol. The van der Waals surface area contributed by atoms with E-state index in [1.165, 1.54) is 33.4 Å². The van der Waals surface area contributed by atoms with Crippen LogP contribution in [0.15, 0.2) is 241 Å². The van der Waals surface area contributed by atoms with Crippen molar-refractivity contribution in [3.63, 3.8) is 0 Å². The standard InChI is InChI=1S/C56H39NO/c1-4-14-40(15-5-1)46-18-12-19-47(38-46)44-32-36-52(37-33-44)57(50-22-8-3-9-23-50)51-34-30-42(31-35-51)41-26-28-43(29-27-41)48-20-13-21-49(39-48)56-55(45-16-6-2-7-17-45)53-24-10-11-25-54(53)58-56/h1-39H. The zero-order valence-corrected chi connectivity index (χ0v) is 31.9. The lowest BCUT2D eigenvalue weighted by Gasteiger charge is -2.26. The van der Waals surface area contributed by atoms with Crippen LogP contribution in [0.1, 0.15) is 0 Å². The van der Waals surface area contributed by atoms with Gasteiger partial charge in [-0.05, 0) is 105 Å². The van der Waals surface area contributed by atoms with Crippen molar-refractivity contribution < 1.29 is 4.42 Å². The van der Waals surface area contributed by atoms with Gasteiger partial charge >= 0.3 is 0 Å². The summed E-state index contributed by atoms with van der Waals surface area (Å²) in [5.41, 5.74) is 17.0. The fourth-order valence-electron chi connectivity index (χ4n) is 7.97. The maximum absolute atomic E-state index is 6.53. The first-order valence-corrected chi connectivity index (χ1v) is 19.7. The zero-order valence-electron chi connectivity index (χ0n) is 31.9. The first-order valence-electron chi connectivity index (χ1n) is 19.7. The number of hydrogen-bond acceptors (Lipinski definition) is 2. The Balaban J connectivity index is 0.916. The summed E-state index contributed by atoms with van der Waals surface area (Å²) in [5.74, 6) is 0.889. The van der Waals surface area contributed by atoms with E-state index in [1.807, 2.05) is 12.1 Å². The number of para-hydroxylation sites is 2. The van der Waals surface area contributed by atoms with Crippen molar-refractivity contribution in [2.75, 3.05) is 4.90 Å². The van der Waals surface area contributed by atoms with Crippen molar-refractivity contribution in [3.8, 4) is 67.0 Å². The lowest BCUT2D eigenvalue weighted by Crippen LogP contribution is -2.09. The highest BCUT2D eigenvalue weighted by molar-refractivity contribution is 6.02. The van der Waals surface area contributed by atoms with Crippen LogP contribution >= 0.6 is 0 Å². The van der Waals surface area contributed by atoms with E-state index in [0.29, 0.717) is 0 Å². The number of rotatable bonds is 9. The molecule has 0 aliphatic heterocycles. The van der Waals surface area contributed by atoms with Gasteiger partial charge in [0.25, 0.3) is 0 Å². The molecule has 1 aromatic heterocycles. The lowest BCUT2D eigenvalue weighted by atomic mass is 9.95. The normalized spacial score (nSPS) is 11.1. The fourth-order valence-corrected chi connectivity index (χ4v) is 7.97. The summed E-state index contributed by atoms with van der Waals surface area (Å²) in [6, 6.07) is 84.0. The second kappa shape index (κ2) is 15.5. The molecule has 0 aliphatic carbocycles. The summed E-state index contributed by atoms with van der Waals surface area (Å²) in [4.78, 5) is 2.31. The predicted octanol–water partition coefficient (Wildman–Crippen LogP) is 15.9. The largest absolute Gasteiger partial charge is 0.455 e. The molecule has 0 amide bonds. The van der Waals surface area contributed by atoms with Gasteiger partial charge in [-0.1, -0.05) is 182 Å². The molecule has 274 valence electrons. The van der Waals surface area contributed by atoms with E-state index >= 15 is 0 Å². The van der Waals surface area contributed by atoms with Crippen LogP contribution in [0.5, 0.6) is 0 Å². The van der Waals surface area contributed by atoms with E-state index in [2.05, 4.69) is 229 Å². The molecule has 2 nitrogen and oxygen atoms in total. The van der Waals surface area contributed by atoms with Crippen LogP contribution in [0, 0.1) is 0 Å². The van der Waals surface area contributed by atoms with Crippen molar-refractivity contribution in [2.24, 2.45) is 0 Å². The molecule has 1 heterocycles.